The molecule has 2 rings (SSSR count). The number of hydrogen-bond acceptors (Lipinski definition) is 4. The van der Waals surface area contributed by atoms with E-state index >= 15 is 0 Å². The number of ether oxygens (including phenoxy) is 1. The van der Waals surface area contributed by atoms with Crippen LogP contribution in [0.1, 0.15) is 6.42 Å². The lowest BCUT2D eigenvalue weighted by Crippen LogP contribution is -2.61. The zero-order chi connectivity index (χ0) is 10.7. The molecule has 0 saturated carbocycles. The highest BCUT2D eigenvalue weighted by Gasteiger charge is 2.35. The maximum atomic E-state index is 11.2. The highest BCUT2D eigenvalue weighted by molar-refractivity contribution is 5.68. The molecule has 2 heterocycles. The standard InChI is InChI=1S/C10H19N3O2/c1-15-10(14)13-7-9(8-13)12-5-2-3-11-4-6-12/h9,11H,2-8H2,1H3. The second kappa shape index (κ2) is 4.81. The third-order valence-electron chi connectivity index (χ3n) is 3.19. The largest absolute Gasteiger partial charge is 0.453 e. The maximum absolute atomic E-state index is 11.2. The van der Waals surface area contributed by atoms with Gasteiger partial charge in [0.2, 0.25) is 0 Å². The van der Waals surface area contributed by atoms with E-state index in [1.54, 1.807) is 4.90 Å². The van der Waals surface area contributed by atoms with Gasteiger partial charge in [-0.15, -0.1) is 0 Å². The Morgan fingerprint density at radius 3 is 2.87 bits per heavy atom. The zero-order valence-electron chi connectivity index (χ0n) is 9.24. The van der Waals surface area contributed by atoms with Crippen LogP contribution in [0.2, 0.25) is 0 Å². The summed E-state index contributed by atoms with van der Waals surface area (Å²) < 4.78 is 4.67. The molecule has 0 aliphatic carbocycles. The van der Waals surface area contributed by atoms with Gasteiger partial charge in [0.1, 0.15) is 0 Å². The molecule has 5 heteroatoms. The van der Waals surface area contributed by atoms with Crippen LogP contribution in [0.5, 0.6) is 0 Å². The summed E-state index contributed by atoms with van der Waals surface area (Å²) in [6.07, 6.45) is 1.01. The average molecular weight is 213 g/mol. The van der Waals surface area contributed by atoms with Crippen LogP contribution in [0, 0.1) is 0 Å². The van der Waals surface area contributed by atoms with Crippen molar-refractivity contribution in [1.82, 2.24) is 15.1 Å². The van der Waals surface area contributed by atoms with E-state index in [1.807, 2.05) is 0 Å². The first-order valence-corrected chi connectivity index (χ1v) is 5.59. The van der Waals surface area contributed by atoms with E-state index in [9.17, 15) is 4.79 Å². The predicted octanol–water partition coefficient (Wildman–Crippen LogP) is -0.268. The lowest BCUT2D eigenvalue weighted by atomic mass is 10.1. The molecule has 0 radical (unpaired) electrons. The van der Waals surface area contributed by atoms with Crippen LogP contribution in [-0.2, 0) is 4.74 Å². The fourth-order valence-electron chi connectivity index (χ4n) is 2.20. The zero-order valence-corrected chi connectivity index (χ0v) is 9.24. The van der Waals surface area contributed by atoms with Gasteiger partial charge in [-0.3, -0.25) is 4.90 Å². The molecule has 0 spiro atoms. The summed E-state index contributed by atoms with van der Waals surface area (Å²) in [6.45, 7) is 6.07. The van der Waals surface area contributed by atoms with E-state index in [-0.39, 0.29) is 6.09 Å². The molecule has 15 heavy (non-hydrogen) atoms. The van der Waals surface area contributed by atoms with Gasteiger partial charge in [0, 0.05) is 32.2 Å². The second-order valence-corrected chi connectivity index (χ2v) is 4.17. The number of methoxy groups -OCH3 is 1. The Balaban J connectivity index is 1.75. The molecule has 1 amide bonds. The van der Waals surface area contributed by atoms with Crippen LogP contribution in [0.15, 0.2) is 0 Å². The summed E-state index contributed by atoms with van der Waals surface area (Å²) in [4.78, 5) is 15.4. The van der Waals surface area contributed by atoms with Crippen molar-refractivity contribution in [3.63, 3.8) is 0 Å². The van der Waals surface area contributed by atoms with Crippen molar-refractivity contribution in [3.05, 3.63) is 0 Å². The van der Waals surface area contributed by atoms with Crippen LogP contribution in [0.25, 0.3) is 0 Å². The summed E-state index contributed by atoms with van der Waals surface area (Å²) in [5.74, 6) is 0. The average Bonchev–Trinajstić information content (AvgIpc) is 2.44. The molecular formula is C10H19N3O2. The van der Waals surface area contributed by atoms with E-state index in [0.717, 1.165) is 39.3 Å². The predicted molar refractivity (Wildman–Crippen MR) is 56.8 cm³/mol. The van der Waals surface area contributed by atoms with Gasteiger partial charge in [-0.1, -0.05) is 0 Å². The van der Waals surface area contributed by atoms with Gasteiger partial charge < -0.3 is 15.0 Å². The van der Waals surface area contributed by atoms with Gasteiger partial charge in [-0.05, 0) is 19.5 Å². The van der Waals surface area contributed by atoms with Crippen LogP contribution >= 0.6 is 0 Å². The fraction of sp³-hybridized carbons (Fsp3) is 0.900. The second-order valence-electron chi connectivity index (χ2n) is 4.17. The normalized spacial score (nSPS) is 24.5. The first-order chi connectivity index (χ1) is 7.31. The Morgan fingerprint density at radius 2 is 2.13 bits per heavy atom. The molecule has 2 aliphatic rings. The van der Waals surface area contributed by atoms with Gasteiger partial charge >= 0.3 is 6.09 Å². The minimum Gasteiger partial charge on any atom is -0.453 e. The summed E-state index contributed by atoms with van der Waals surface area (Å²) >= 11 is 0. The molecule has 5 nitrogen and oxygen atoms in total. The van der Waals surface area contributed by atoms with Crippen LogP contribution in [0.3, 0.4) is 0 Å². The molecule has 0 bridgehead atoms. The Bertz CT molecular complexity index is 221. The van der Waals surface area contributed by atoms with E-state index in [1.165, 1.54) is 13.5 Å². The summed E-state index contributed by atoms with van der Waals surface area (Å²) in [5.41, 5.74) is 0. The van der Waals surface area contributed by atoms with Gasteiger partial charge in [0.15, 0.2) is 0 Å². The number of carbonyl (C=O) groups is 1. The summed E-state index contributed by atoms with van der Waals surface area (Å²) in [6, 6.07) is 0.545. The Morgan fingerprint density at radius 1 is 1.33 bits per heavy atom. The molecule has 2 aliphatic heterocycles. The van der Waals surface area contributed by atoms with Crippen molar-refractivity contribution in [3.8, 4) is 0 Å². The highest BCUT2D eigenvalue weighted by Crippen LogP contribution is 2.16. The van der Waals surface area contributed by atoms with Crippen molar-refractivity contribution >= 4 is 6.09 Å². The third-order valence-corrected chi connectivity index (χ3v) is 3.19. The number of amides is 1. The number of nitrogens with one attached hydrogen (secondary N) is 1. The van der Waals surface area contributed by atoms with Gasteiger partial charge in [0.05, 0.1) is 7.11 Å². The molecule has 0 aromatic heterocycles. The van der Waals surface area contributed by atoms with Crippen LogP contribution in [0.4, 0.5) is 4.79 Å². The molecule has 2 fully saturated rings. The number of likely N-dealkylation sites (tertiary alicyclic amines) is 1. The van der Waals surface area contributed by atoms with Crippen LogP contribution < -0.4 is 5.32 Å². The van der Waals surface area contributed by atoms with Gasteiger partial charge in [-0.2, -0.15) is 0 Å². The number of carbonyl (C=O) groups excluding carboxylic acids is 1. The van der Waals surface area contributed by atoms with Crippen molar-refractivity contribution in [2.75, 3.05) is 46.4 Å². The minimum atomic E-state index is -0.195. The van der Waals surface area contributed by atoms with Gasteiger partial charge in [-0.25, -0.2) is 4.79 Å². The smallest absolute Gasteiger partial charge is 0.409 e. The molecular weight excluding hydrogens is 194 g/mol. The molecule has 0 unspecified atom stereocenters. The first kappa shape index (κ1) is 10.7. The first-order valence-electron chi connectivity index (χ1n) is 5.59. The molecule has 1 N–H and O–H groups in total. The Hall–Kier alpha value is -0.810. The SMILES string of the molecule is COC(=O)N1CC(N2CCCNCC2)C1. The fourth-order valence-corrected chi connectivity index (χ4v) is 2.20. The third kappa shape index (κ3) is 2.41. The van der Waals surface area contributed by atoms with E-state index in [2.05, 4.69) is 15.0 Å². The quantitative estimate of drug-likeness (QED) is 0.651. The lowest BCUT2D eigenvalue weighted by Gasteiger charge is -2.44. The molecule has 2 saturated heterocycles. The highest BCUT2D eigenvalue weighted by atomic mass is 16.5. The Labute approximate surface area is 90.4 Å². The molecule has 0 aromatic rings. The van der Waals surface area contributed by atoms with E-state index < -0.39 is 0 Å². The summed E-state index contributed by atoms with van der Waals surface area (Å²) in [5, 5.41) is 3.38. The number of hydrogen-bond donors (Lipinski definition) is 1. The maximum Gasteiger partial charge on any atom is 0.409 e. The molecule has 0 aromatic carbocycles. The van der Waals surface area contributed by atoms with Crippen molar-refractivity contribution in [1.29, 1.82) is 0 Å². The molecule has 86 valence electrons. The van der Waals surface area contributed by atoms with E-state index in [4.69, 9.17) is 0 Å². The van der Waals surface area contributed by atoms with Crippen molar-refractivity contribution in [2.45, 2.75) is 12.5 Å². The van der Waals surface area contributed by atoms with Gasteiger partial charge in [0.25, 0.3) is 0 Å². The topological polar surface area (TPSA) is 44.8 Å². The number of nitrogens with zero attached hydrogens (tertiary/aromatic N) is 2. The van der Waals surface area contributed by atoms with Crippen LogP contribution in [-0.4, -0.2) is 68.3 Å². The van der Waals surface area contributed by atoms with Crippen molar-refractivity contribution < 1.29 is 9.53 Å². The Kier molecular flexibility index (Phi) is 3.43. The lowest BCUT2D eigenvalue weighted by molar-refractivity contribution is 0.0319. The van der Waals surface area contributed by atoms with Crippen molar-refractivity contribution in [2.24, 2.45) is 0 Å². The molecule has 0 atom stereocenters. The minimum absolute atomic E-state index is 0.195. The van der Waals surface area contributed by atoms with E-state index in [0.29, 0.717) is 6.04 Å². The summed E-state index contributed by atoms with van der Waals surface area (Å²) in [7, 11) is 1.44. The number of rotatable bonds is 1. The monoisotopic (exact) mass is 213 g/mol.